The van der Waals surface area contributed by atoms with E-state index in [1.54, 1.807) is 6.20 Å². The Hall–Kier alpha value is -1.40. The molecule has 3 saturated heterocycles. The van der Waals surface area contributed by atoms with Crippen molar-refractivity contribution in [3.05, 3.63) is 18.5 Å². The molecule has 0 spiro atoms. The first-order chi connectivity index (χ1) is 11.3. The Bertz CT molecular complexity index is 537. The van der Waals surface area contributed by atoms with Gasteiger partial charge >= 0.3 is 0 Å². The van der Waals surface area contributed by atoms with Gasteiger partial charge in [-0.05, 0) is 57.8 Å². The summed E-state index contributed by atoms with van der Waals surface area (Å²) in [6.07, 6.45) is 10.2. The number of nitrogens with one attached hydrogen (secondary N) is 2. The van der Waals surface area contributed by atoms with Crippen molar-refractivity contribution in [3.8, 4) is 0 Å². The first kappa shape index (κ1) is 15.1. The van der Waals surface area contributed by atoms with Gasteiger partial charge in [-0.15, -0.1) is 0 Å². The molecule has 0 aliphatic carbocycles. The maximum atomic E-state index is 13.2. The molecule has 0 saturated carbocycles. The quantitative estimate of drug-likeness (QED) is 0.862. The lowest BCUT2D eigenvalue weighted by Gasteiger charge is -2.39. The molecule has 0 radical (unpaired) electrons. The molecule has 0 aromatic carbocycles. The topological polar surface area (TPSA) is 62.2 Å². The number of fused-ring (bicyclic) bond motifs is 1. The highest BCUT2D eigenvalue weighted by molar-refractivity contribution is 5.85. The fourth-order valence-corrected chi connectivity index (χ4v) is 4.64. The Morgan fingerprint density at radius 1 is 1.22 bits per heavy atom. The van der Waals surface area contributed by atoms with E-state index in [4.69, 9.17) is 0 Å². The van der Waals surface area contributed by atoms with Crippen molar-refractivity contribution in [1.29, 1.82) is 0 Å². The van der Waals surface area contributed by atoms with E-state index < -0.39 is 5.54 Å². The van der Waals surface area contributed by atoms with Crippen LogP contribution in [0.2, 0.25) is 0 Å². The smallest absolute Gasteiger partial charge is 0.248 e. The van der Waals surface area contributed by atoms with Crippen molar-refractivity contribution in [2.24, 2.45) is 0 Å². The lowest BCUT2D eigenvalue weighted by Crippen LogP contribution is -2.58. The van der Waals surface area contributed by atoms with Crippen molar-refractivity contribution >= 4 is 5.91 Å². The molecular weight excluding hydrogens is 290 g/mol. The average molecular weight is 317 g/mol. The maximum Gasteiger partial charge on any atom is 0.248 e. The number of aromatic nitrogens is 2. The lowest BCUT2D eigenvalue weighted by molar-refractivity contribution is -0.133. The van der Waals surface area contributed by atoms with Crippen LogP contribution in [0.15, 0.2) is 18.5 Å². The number of nitrogens with zero attached hydrogens (tertiary/aromatic N) is 3. The van der Waals surface area contributed by atoms with Crippen LogP contribution >= 0.6 is 0 Å². The fourth-order valence-electron chi connectivity index (χ4n) is 4.64. The summed E-state index contributed by atoms with van der Waals surface area (Å²) in [5.74, 6) is 0.167. The van der Waals surface area contributed by atoms with Gasteiger partial charge in [0, 0.05) is 31.0 Å². The summed E-state index contributed by atoms with van der Waals surface area (Å²) in [6, 6.07) is 2.77. The summed E-state index contributed by atoms with van der Waals surface area (Å²) in [7, 11) is 0. The van der Waals surface area contributed by atoms with Crippen LogP contribution in [0.5, 0.6) is 0 Å². The van der Waals surface area contributed by atoms with Crippen LogP contribution in [0.25, 0.3) is 0 Å². The number of hydrogen-bond acceptors (Lipinski definition) is 4. The van der Waals surface area contributed by atoms with Crippen molar-refractivity contribution in [2.75, 3.05) is 26.2 Å². The number of carbonyl (C=O) groups is 1. The Labute approximate surface area is 137 Å². The third kappa shape index (κ3) is 2.68. The van der Waals surface area contributed by atoms with Crippen molar-refractivity contribution in [1.82, 2.24) is 25.3 Å². The molecule has 1 amide bonds. The van der Waals surface area contributed by atoms with Crippen LogP contribution in [-0.4, -0.2) is 58.9 Å². The second-order valence-electron chi connectivity index (χ2n) is 7.20. The third-order valence-corrected chi connectivity index (χ3v) is 5.97. The molecule has 0 bridgehead atoms. The minimum Gasteiger partial charge on any atom is -0.350 e. The normalized spacial score (nSPS) is 30.8. The Balaban J connectivity index is 1.52. The molecule has 2 unspecified atom stereocenters. The predicted molar refractivity (Wildman–Crippen MR) is 88.1 cm³/mol. The van der Waals surface area contributed by atoms with Gasteiger partial charge < -0.3 is 10.6 Å². The molecule has 126 valence electrons. The van der Waals surface area contributed by atoms with Gasteiger partial charge in [-0.1, -0.05) is 6.42 Å². The highest BCUT2D eigenvalue weighted by atomic mass is 16.2. The number of hydrogen-bond donors (Lipinski definition) is 2. The van der Waals surface area contributed by atoms with Crippen LogP contribution in [0.4, 0.5) is 0 Å². The summed E-state index contributed by atoms with van der Waals surface area (Å²) in [4.78, 5) is 15.8. The van der Waals surface area contributed by atoms with E-state index in [-0.39, 0.29) is 5.91 Å². The zero-order valence-electron chi connectivity index (χ0n) is 13.7. The lowest BCUT2D eigenvalue weighted by atomic mass is 9.86. The average Bonchev–Trinajstić information content (AvgIpc) is 3.26. The maximum absolute atomic E-state index is 13.2. The van der Waals surface area contributed by atoms with Crippen molar-refractivity contribution < 1.29 is 4.79 Å². The molecule has 4 rings (SSSR count). The molecule has 1 aromatic rings. The summed E-state index contributed by atoms with van der Waals surface area (Å²) in [5, 5.41) is 11.2. The zero-order chi connectivity index (χ0) is 15.7. The summed E-state index contributed by atoms with van der Waals surface area (Å²) in [5.41, 5.74) is -0.517. The molecule has 6 heteroatoms. The van der Waals surface area contributed by atoms with E-state index in [1.165, 1.54) is 25.8 Å². The van der Waals surface area contributed by atoms with Gasteiger partial charge in [0.25, 0.3) is 0 Å². The molecule has 1 aromatic heterocycles. The molecule has 2 atom stereocenters. The van der Waals surface area contributed by atoms with Gasteiger partial charge in [0.1, 0.15) is 5.54 Å². The van der Waals surface area contributed by atoms with E-state index in [9.17, 15) is 4.79 Å². The zero-order valence-corrected chi connectivity index (χ0v) is 13.7. The highest BCUT2D eigenvalue weighted by Gasteiger charge is 2.45. The molecule has 23 heavy (non-hydrogen) atoms. The van der Waals surface area contributed by atoms with E-state index in [0.29, 0.717) is 12.1 Å². The molecule has 4 heterocycles. The Morgan fingerprint density at radius 3 is 2.87 bits per heavy atom. The highest BCUT2D eigenvalue weighted by Crippen LogP contribution is 2.31. The van der Waals surface area contributed by atoms with Gasteiger partial charge in [0.2, 0.25) is 5.91 Å². The fraction of sp³-hybridized carbons (Fsp3) is 0.765. The standard InChI is InChI=1S/C17H27N5O/c23-16(20-14-5-13-21-11-2-1-4-15(14)21)17(6-9-18-10-7-17)22-12-3-8-19-22/h3,8,12,14-15,18H,1-2,4-7,9-11,13H2,(H,20,23). The van der Waals surface area contributed by atoms with Gasteiger partial charge in [-0.2, -0.15) is 5.10 Å². The monoisotopic (exact) mass is 317 g/mol. The summed E-state index contributed by atoms with van der Waals surface area (Å²) >= 11 is 0. The van der Waals surface area contributed by atoms with Crippen LogP contribution in [0.1, 0.15) is 38.5 Å². The van der Waals surface area contributed by atoms with Crippen LogP contribution in [0, 0.1) is 0 Å². The Morgan fingerprint density at radius 2 is 2.09 bits per heavy atom. The molecule has 2 N–H and O–H groups in total. The number of amides is 1. The minimum absolute atomic E-state index is 0.167. The summed E-state index contributed by atoms with van der Waals surface area (Å²) in [6.45, 7) is 4.07. The van der Waals surface area contributed by atoms with E-state index in [1.807, 2.05) is 16.9 Å². The van der Waals surface area contributed by atoms with E-state index >= 15 is 0 Å². The molecule has 3 aliphatic rings. The van der Waals surface area contributed by atoms with Gasteiger partial charge in [0.05, 0.1) is 0 Å². The first-order valence-electron chi connectivity index (χ1n) is 9.05. The van der Waals surface area contributed by atoms with Crippen LogP contribution in [0.3, 0.4) is 0 Å². The minimum atomic E-state index is -0.517. The van der Waals surface area contributed by atoms with Gasteiger partial charge in [0.15, 0.2) is 0 Å². The van der Waals surface area contributed by atoms with Crippen molar-refractivity contribution in [2.45, 2.75) is 56.1 Å². The van der Waals surface area contributed by atoms with Crippen LogP contribution in [-0.2, 0) is 10.3 Å². The first-order valence-corrected chi connectivity index (χ1v) is 9.05. The Kier molecular flexibility index (Phi) is 4.11. The second kappa shape index (κ2) is 6.24. The van der Waals surface area contributed by atoms with E-state index in [2.05, 4.69) is 20.6 Å². The van der Waals surface area contributed by atoms with Crippen LogP contribution < -0.4 is 10.6 Å². The van der Waals surface area contributed by atoms with Gasteiger partial charge in [-0.25, -0.2) is 0 Å². The second-order valence-corrected chi connectivity index (χ2v) is 7.20. The summed E-state index contributed by atoms with van der Waals surface area (Å²) < 4.78 is 1.89. The number of piperidine rings is 2. The van der Waals surface area contributed by atoms with E-state index in [0.717, 1.165) is 38.9 Å². The number of rotatable bonds is 3. The SMILES string of the molecule is O=C(NC1CCN2CCCCC12)C1(n2cccn2)CCNCC1. The molecule has 3 aliphatic heterocycles. The predicted octanol–water partition coefficient (Wildman–Crippen LogP) is 0.705. The van der Waals surface area contributed by atoms with Crippen molar-refractivity contribution in [3.63, 3.8) is 0 Å². The number of carbonyl (C=O) groups excluding carboxylic acids is 1. The molecule has 3 fully saturated rings. The molecular formula is C17H27N5O. The third-order valence-electron chi connectivity index (χ3n) is 5.97. The van der Waals surface area contributed by atoms with Gasteiger partial charge in [-0.3, -0.25) is 14.4 Å². The molecule has 6 nitrogen and oxygen atoms in total. The largest absolute Gasteiger partial charge is 0.350 e.